The molecule has 0 bridgehead atoms. The second kappa shape index (κ2) is 6.00. The molecule has 0 unspecified atom stereocenters. The Balaban J connectivity index is 1.46. The van der Waals surface area contributed by atoms with Crippen LogP contribution in [0, 0.1) is 0 Å². The Morgan fingerprint density at radius 2 is 2.00 bits per heavy atom. The molecular formula is C15H18N8O. The number of nitrogens with one attached hydrogen (secondary N) is 1. The molecule has 3 aromatic heterocycles. The first kappa shape index (κ1) is 14.8. The highest BCUT2D eigenvalue weighted by molar-refractivity contribution is 5.72. The summed E-state index contributed by atoms with van der Waals surface area (Å²) in [7, 11) is 1.79. The van der Waals surface area contributed by atoms with Crippen LogP contribution < -0.4 is 10.5 Å². The summed E-state index contributed by atoms with van der Waals surface area (Å²) in [5.41, 5.74) is 0.480. The summed E-state index contributed by atoms with van der Waals surface area (Å²) in [6.45, 7) is 4.12. The molecule has 0 atom stereocenters. The highest BCUT2D eigenvalue weighted by Gasteiger charge is 2.19. The van der Waals surface area contributed by atoms with Crippen molar-refractivity contribution >= 4 is 16.9 Å². The van der Waals surface area contributed by atoms with E-state index >= 15 is 0 Å². The second-order valence-electron chi connectivity index (χ2n) is 5.84. The zero-order chi connectivity index (χ0) is 16.5. The quantitative estimate of drug-likeness (QED) is 0.710. The zero-order valence-corrected chi connectivity index (χ0v) is 13.4. The van der Waals surface area contributed by atoms with Gasteiger partial charge < -0.3 is 9.88 Å². The van der Waals surface area contributed by atoms with Gasteiger partial charge in [0, 0.05) is 45.6 Å². The molecule has 1 saturated heterocycles. The van der Waals surface area contributed by atoms with Crippen molar-refractivity contribution in [1.82, 2.24) is 34.6 Å². The first-order valence-corrected chi connectivity index (χ1v) is 7.85. The van der Waals surface area contributed by atoms with E-state index in [1.165, 1.54) is 0 Å². The summed E-state index contributed by atoms with van der Waals surface area (Å²) in [5.74, 6) is 1.57. The van der Waals surface area contributed by atoms with Crippen LogP contribution in [0.15, 0.2) is 29.6 Å². The van der Waals surface area contributed by atoms with Crippen LogP contribution in [0.1, 0.15) is 5.82 Å². The lowest BCUT2D eigenvalue weighted by Gasteiger charge is -2.34. The maximum absolute atomic E-state index is 12.1. The van der Waals surface area contributed by atoms with Crippen molar-refractivity contribution in [2.45, 2.75) is 6.54 Å². The first-order valence-electron chi connectivity index (χ1n) is 7.85. The largest absolute Gasteiger partial charge is 0.353 e. The van der Waals surface area contributed by atoms with E-state index in [2.05, 4.69) is 34.8 Å². The fourth-order valence-electron chi connectivity index (χ4n) is 2.95. The van der Waals surface area contributed by atoms with Crippen LogP contribution in [0.2, 0.25) is 0 Å². The number of H-pyrrole nitrogens is 1. The van der Waals surface area contributed by atoms with Crippen molar-refractivity contribution in [1.29, 1.82) is 0 Å². The van der Waals surface area contributed by atoms with Gasteiger partial charge >= 0.3 is 0 Å². The monoisotopic (exact) mass is 326 g/mol. The van der Waals surface area contributed by atoms with Crippen molar-refractivity contribution in [3.8, 4) is 0 Å². The Bertz CT molecular complexity index is 895. The number of anilines is 1. The molecule has 0 aromatic carbocycles. The number of piperazine rings is 1. The Morgan fingerprint density at radius 3 is 2.75 bits per heavy atom. The maximum Gasteiger partial charge on any atom is 0.262 e. The Labute approximate surface area is 138 Å². The molecule has 9 nitrogen and oxygen atoms in total. The van der Waals surface area contributed by atoms with Crippen LogP contribution in [-0.2, 0) is 13.6 Å². The van der Waals surface area contributed by atoms with Crippen LogP contribution in [-0.4, -0.2) is 60.8 Å². The lowest BCUT2D eigenvalue weighted by molar-refractivity contribution is 0.243. The number of nitrogens with zero attached hydrogens (tertiary/aromatic N) is 7. The van der Waals surface area contributed by atoms with Gasteiger partial charge in [-0.2, -0.15) is 5.10 Å². The van der Waals surface area contributed by atoms with Crippen molar-refractivity contribution in [2.24, 2.45) is 7.05 Å². The van der Waals surface area contributed by atoms with E-state index in [4.69, 9.17) is 0 Å². The summed E-state index contributed by atoms with van der Waals surface area (Å²) in [5, 5.41) is 4.61. The van der Waals surface area contributed by atoms with E-state index in [1.807, 2.05) is 0 Å². The van der Waals surface area contributed by atoms with Crippen LogP contribution in [0.3, 0.4) is 0 Å². The molecule has 9 heteroatoms. The molecule has 0 saturated carbocycles. The molecule has 0 amide bonds. The van der Waals surface area contributed by atoms with E-state index in [9.17, 15) is 4.79 Å². The zero-order valence-electron chi connectivity index (χ0n) is 13.4. The van der Waals surface area contributed by atoms with E-state index in [0.29, 0.717) is 23.4 Å². The molecule has 0 aliphatic carbocycles. The topological polar surface area (TPSA) is 95.8 Å². The van der Waals surface area contributed by atoms with E-state index in [-0.39, 0.29) is 5.56 Å². The number of rotatable bonds is 3. The fraction of sp³-hybridized carbons (Fsp3) is 0.400. The average molecular weight is 326 g/mol. The third-order valence-electron chi connectivity index (χ3n) is 4.27. The maximum atomic E-state index is 12.1. The van der Waals surface area contributed by atoms with Gasteiger partial charge in [-0.25, -0.2) is 9.97 Å². The predicted octanol–water partition coefficient (Wildman–Crippen LogP) is -0.231. The molecule has 124 valence electrons. The lowest BCUT2D eigenvalue weighted by atomic mass is 10.3. The SMILES string of the molecule is Cn1ncc2c(=O)[nH]c(CN3CCN(c4cnccn4)CC3)nc21. The molecule has 4 rings (SSSR count). The molecule has 1 N–H and O–H groups in total. The number of hydrogen-bond donors (Lipinski definition) is 1. The first-order chi connectivity index (χ1) is 11.7. The van der Waals surface area contributed by atoms with E-state index in [0.717, 1.165) is 32.0 Å². The predicted molar refractivity (Wildman–Crippen MR) is 88.7 cm³/mol. The Morgan fingerprint density at radius 1 is 1.17 bits per heavy atom. The molecule has 1 fully saturated rings. The van der Waals surface area contributed by atoms with Crippen molar-refractivity contribution in [3.63, 3.8) is 0 Å². The van der Waals surface area contributed by atoms with Gasteiger partial charge in [0.15, 0.2) is 5.65 Å². The lowest BCUT2D eigenvalue weighted by Crippen LogP contribution is -2.46. The van der Waals surface area contributed by atoms with Gasteiger partial charge in [-0.3, -0.25) is 19.4 Å². The van der Waals surface area contributed by atoms with Gasteiger partial charge in [-0.1, -0.05) is 0 Å². The minimum absolute atomic E-state index is 0.138. The van der Waals surface area contributed by atoms with Crippen LogP contribution >= 0.6 is 0 Å². The minimum atomic E-state index is -0.138. The highest BCUT2D eigenvalue weighted by Crippen LogP contribution is 2.13. The molecule has 3 aromatic rings. The smallest absolute Gasteiger partial charge is 0.262 e. The molecule has 0 spiro atoms. The van der Waals surface area contributed by atoms with Crippen molar-refractivity contribution in [3.05, 3.63) is 41.0 Å². The van der Waals surface area contributed by atoms with Gasteiger partial charge in [-0.05, 0) is 0 Å². The number of fused-ring (bicyclic) bond motifs is 1. The van der Waals surface area contributed by atoms with Crippen molar-refractivity contribution in [2.75, 3.05) is 31.1 Å². The van der Waals surface area contributed by atoms with Crippen molar-refractivity contribution < 1.29 is 0 Å². The van der Waals surface area contributed by atoms with Gasteiger partial charge in [0.05, 0.1) is 18.9 Å². The minimum Gasteiger partial charge on any atom is -0.353 e. The average Bonchev–Trinajstić information content (AvgIpc) is 2.98. The van der Waals surface area contributed by atoms with Gasteiger partial charge in [0.25, 0.3) is 5.56 Å². The standard InChI is InChI=1S/C15H18N8O/c1-21-14-11(8-18-21)15(24)20-12(19-14)10-22-4-6-23(7-5-22)13-9-16-2-3-17-13/h2-3,8-9H,4-7,10H2,1H3,(H,19,20,24). The summed E-state index contributed by atoms with van der Waals surface area (Å²) >= 11 is 0. The van der Waals surface area contributed by atoms with Gasteiger partial charge in [-0.15, -0.1) is 0 Å². The number of aromatic amines is 1. The molecular weight excluding hydrogens is 308 g/mol. The normalized spacial score (nSPS) is 16.0. The fourth-order valence-corrected chi connectivity index (χ4v) is 2.95. The van der Waals surface area contributed by atoms with Crippen LogP contribution in [0.4, 0.5) is 5.82 Å². The Kier molecular flexibility index (Phi) is 3.69. The second-order valence-corrected chi connectivity index (χ2v) is 5.84. The van der Waals surface area contributed by atoms with Crippen LogP contribution in [0.5, 0.6) is 0 Å². The van der Waals surface area contributed by atoms with E-state index in [1.54, 1.807) is 36.5 Å². The number of hydrogen-bond acceptors (Lipinski definition) is 7. The van der Waals surface area contributed by atoms with E-state index < -0.39 is 0 Å². The molecule has 1 aliphatic heterocycles. The molecule has 24 heavy (non-hydrogen) atoms. The molecule has 1 aliphatic rings. The number of aryl methyl sites for hydroxylation is 1. The summed E-state index contributed by atoms with van der Waals surface area (Å²) in [4.78, 5) is 32.4. The van der Waals surface area contributed by atoms with Crippen LogP contribution in [0.25, 0.3) is 11.0 Å². The number of aromatic nitrogens is 6. The summed E-state index contributed by atoms with van der Waals surface area (Å²) in [6.07, 6.45) is 6.71. The third-order valence-corrected chi connectivity index (χ3v) is 4.27. The molecule has 0 radical (unpaired) electrons. The third kappa shape index (κ3) is 2.73. The van der Waals surface area contributed by atoms with Gasteiger partial charge in [0.2, 0.25) is 0 Å². The highest BCUT2D eigenvalue weighted by atomic mass is 16.1. The van der Waals surface area contributed by atoms with Gasteiger partial charge in [0.1, 0.15) is 17.0 Å². The summed E-state index contributed by atoms with van der Waals surface area (Å²) < 4.78 is 1.63. The summed E-state index contributed by atoms with van der Waals surface area (Å²) in [6, 6.07) is 0. The Hall–Kier alpha value is -2.81. The molecule has 4 heterocycles.